The molecule has 3 atom stereocenters. The molecule has 0 spiro atoms. The summed E-state index contributed by atoms with van der Waals surface area (Å²) in [5.41, 5.74) is 3.30. The van der Waals surface area contributed by atoms with Crippen LogP contribution < -0.4 is 15.5 Å². The minimum atomic E-state index is -4.51. The highest BCUT2D eigenvalue weighted by atomic mass is 19.4. The number of nitrogens with one attached hydrogen (secondary N) is 2. The number of rotatable bonds is 4. The van der Waals surface area contributed by atoms with Gasteiger partial charge in [-0.05, 0) is 54.9 Å². The SMILES string of the molecule is CNN1CCN[C@@H](c2cc3c(cc2OC)COC3(C)C(F)(F)F)[C@@H]1c1ccccc1.c1ccncc1. The van der Waals surface area contributed by atoms with Crippen LogP contribution in [-0.2, 0) is 16.9 Å². The van der Waals surface area contributed by atoms with Crippen LogP contribution >= 0.6 is 0 Å². The Labute approximate surface area is 209 Å². The summed E-state index contributed by atoms with van der Waals surface area (Å²) in [7, 11) is 3.40. The van der Waals surface area contributed by atoms with E-state index < -0.39 is 11.8 Å². The largest absolute Gasteiger partial charge is 0.496 e. The van der Waals surface area contributed by atoms with E-state index in [9.17, 15) is 13.2 Å². The van der Waals surface area contributed by atoms with E-state index >= 15 is 0 Å². The lowest BCUT2D eigenvalue weighted by Crippen LogP contribution is -2.52. The zero-order valence-electron chi connectivity index (χ0n) is 20.5. The predicted molar refractivity (Wildman–Crippen MR) is 131 cm³/mol. The Morgan fingerprint density at radius 2 is 1.81 bits per heavy atom. The molecule has 0 bridgehead atoms. The van der Waals surface area contributed by atoms with Crippen LogP contribution in [0.15, 0.2) is 73.1 Å². The van der Waals surface area contributed by atoms with Gasteiger partial charge in [0, 0.05) is 31.0 Å². The third kappa shape index (κ3) is 5.10. The molecule has 5 rings (SSSR count). The van der Waals surface area contributed by atoms with Crippen molar-refractivity contribution in [1.82, 2.24) is 20.7 Å². The van der Waals surface area contributed by atoms with Crippen LogP contribution in [0.3, 0.4) is 0 Å². The summed E-state index contributed by atoms with van der Waals surface area (Å²) in [6, 6.07) is 18.5. The molecular weight excluding hydrogens is 469 g/mol. The average Bonchev–Trinajstić information content (AvgIpc) is 3.26. The zero-order valence-corrected chi connectivity index (χ0v) is 20.5. The number of hydrazine groups is 1. The minimum Gasteiger partial charge on any atom is -0.496 e. The van der Waals surface area contributed by atoms with E-state index in [4.69, 9.17) is 9.47 Å². The van der Waals surface area contributed by atoms with Crippen molar-refractivity contribution in [3.05, 3.63) is 95.3 Å². The summed E-state index contributed by atoms with van der Waals surface area (Å²) in [6.45, 7) is 2.44. The Morgan fingerprint density at radius 3 is 2.36 bits per heavy atom. The monoisotopic (exact) mass is 500 g/mol. The molecule has 36 heavy (non-hydrogen) atoms. The molecule has 0 radical (unpaired) electrons. The van der Waals surface area contributed by atoms with Gasteiger partial charge in [0.25, 0.3) is 0 Å². The molecule has 0 aliphatic carbocycles. The predicted octanol–water partition coefficient (Wildman–Crippen LogP) is 4.91. The Kier molecular flexibility index (Phi) is 7.94. The third-order valence-electron chi connectivity index (χ3n) is 6.73. The number of ether oxygens (including phenoxy) is 2. The molecule has 2 aliphatic heterocycles. The normalized spacial score (nSPS) is 23.9. The summed E-state index contributed by atoms with van der Waals surface area (Å²) in [5.74, 6) is 0.556. The summed E-state index contributed by atoms with van der Waals surface area (Å²) in [5, 5.41) is 5.60. The van der Waals surface area contributed by atoms with Gasteiger partial charge in [-0.3, -0.25) is 10.4 Å². The maximum atomic E-state index is 13.8. The molecule has 192 valence electrons. The molecular formula is C27H31F3N4O2. The van der Waals surface area contributed by atoms with Gasteiger partial charge in [0.2, 0.25) is 0 Å². The Balaban J connectivity index is 0.000000445. The topological polar surface area (TPSA) is 58.7 Å². The van der Waals surface area contributed by atoms with Crippen molar-refractivity contribution in [2.45, 2.75) is 37.4 Å². The minimum absolute atomic E-state index is 0.0924. The first kappa shape index (κ1) is 26.1. The number of alkyl halides is 3. The van der Waals surface area contributed by atoms with Gasteiger partial charge < -0.3 is 14.8 Å². The molecule has 2 aromatic carbocycles. The number of pyridine rings is 1. The molecule has 0 saturated carbocycles. The van der Waals surface area contributed by atoms with Gasteiger partial charge in [-0.1, -0.05) is 36.4 Å². The fraction of sp³-hybridized carbons (Fsp3) is 0.370. The first-order valence-corrected chi connectivity index (χ1v) is 11.8. The number of hydrogen-bond acceptors (Lipinski definition) is 6. The van der Waals surface area contributed by atoms with Crippen LogP contribution in [-0.4, -0.2) is 43.4 Å². The molecule has 1 unspecified atom stereocenters. The standard InChI is InChI=1S/C22H26F3N3O2.C5H5N/c1-21(22(23,24)25)17-12-16(18(29-3)11-15(17)13-30-21)19-20(14-7-5-4-6-8-14)28(26-2)10-9-27-19;1-2-4-6-5-3-1/h4-8,11-12,19-20,26-27H,9-10,13H2,1-3H3;1-5H/t19-,20-,21?;/m0./s1. The third-order valence-corrected chi connectivity index (χ3v) is 6.73. The first-order valence-electron chi connectivity index (χ1n) is 11.8. The van der Waals surface area contributed by atoms with Gasteiger partial charge in [0.05, 0.1) is 25.8 Å². The molecule has 0 amide bonds. The van der Waals surface area contributed by atoms with E-state index in [0.29, 0.717) is 23.4 Å². The molecule has 1 saturated heterocycles. The number of aromatic nitrogens is 1. The summed E-state index contributed by atoms with van der Waals surface area (Å²) < 4.78 is 52.4. The molecule has 6 nitrogen and oxygen atoms in total. The van der Waals surface area contributed by atoms with Gasteiger partial charge in [0.15, 0.2) is 5.60 Å². The number of piperazine rings is 1. The second kappa shape index (κ2) is 11.0. The lowest BCUT2D eigenvalue weighted by atomic mass is 9.85. The van der Waals surface area contributed by atoms with Crippen molar-refractivity contribution in [2.24, 2.45) is 0 Å². The maximum Gasteiger partial charge on any atom is 0.421 e. The van der Waals surface area contributed by atoms with Crippen molar-refractivity contribution >= 4 is 0 Å². The Morgan fingerprint density at radius 1 is 1.11 bits per heavy atom. The van der Waals surface area contributed by atoms with Crippen molar-refractivity contribution in [3.63, 3.8) is 0 Å². The fourth-order valence-electron chi connectivity index (χ4n) is 4.79. The molecule has 3 aromatic rings. The number of halogens is 3. The number of nitrogens with zero attached hydrogens (tertiary/aromatic N) is 2. The summed E-state index contributed by atoms with van der Waals surface area (Å²) in [6.07, 6.45) is -1.01. The molecule has 1 aromatic heterocycles. The fourth-order valence-corrected chi connectivity index (χ4v) is 4.79. The highest BCUT2D eigenvalue weighted by molar-refractivity contribution is 5.49. The van der Waals surface area contributed by atoms with Crippen LogP contribution in [0.1, 0.15) is 41.3 Å². The maximum absolute atomic E-state index is 13.8. The molecule has 3 heterocycles. The van der Waals surface area contributed by atoms with E-state index in [1.165, 1.54) is 0 Å². The van der Waals surface area contributed by atoms with Gasteiger partial charge in [-0.2, -0.15) is 13.2 Å². The quantitative estimate of drug-likeness (QED) is 0.531. The van der Waals surface area contributed by atoms with Crippen molar-refractivity contribution in [1.29, 1.82) is 0 Å². The van der Waals surface area contributed by atoms with Crippen LogP contribution in [0, 0.1) is 0 Å². The number of benzene rings is 2. The number of hydrogen-bond donors (Lipinski definition) is 2. The molecule has 9 heteroatoms. The highest BCUT2D eigenvalue weighted by Gasteiger charge is 2.57. The van der Waals surface area contributed by atoms with Gasteiger partial charge in [-0.25, -0.2) is 5.01 Å². The molecule has 1 fully saturated rings. The Hall–Kier alpha value is -2.98. The van der Waals surface area contributed by atoms with Gasteiger partial charge in [0.1, 0.15) is 5.75 Å². The second-order valence-corrected chi connectivity index (χ2v) is 8.80. The molecule has 2 N–H and O–H groups in total. The van der Waals surface area contributed by atoms with Gasteiger partial charge in [-0.15, -0.1) is 0 Å². The van der Waals surface area contributed by atoms with Crippen LogP contribution in [0.25, 0.3) is 0 Å². The van der Waals surface area contributed by atoms with Crippen LogP contribution in [0.5, 0.6) is 5.75 Å². The number of methoxy groups -OCH3 is 1. The van der Waals surface area contributed by atoms with Crippen LogP contribution in [0.4, 0.5) is 13.2 Å². The van der Waals surface area contributed by atoms with E-state index in [1.807, 2.05) is 55.6 Å². The van der Waals surface area contributed by atoms with Crippen molar-refractivity contribution < 1.29 is 22.6 Å². The zero-order chi connectivity index (χ0) is 25.8. The average molecular weight is 501 g/mol. The van der Waals surface area contributed by atoms with E-state index in [0.717, 1.165) is 19.0 Å². The molecule has 2 aliphatic rings. The Bertz CT molecular complexity index is 1100. The van der Waals surface area contributed by atoms with Crippen molar-refractivity contribution in [3.8, 4) is 5.75 Å². The van der Waals surface area contributed by atoms with E-state index in [-0.39, 0.29) is 24.3 Å². The van der Waals surface area contributed by atoms with E-state index in [2.05, 4.69) is 20.7 Å². The second-order valence-electron chi connectivity index (χ2n) is 8.80. The lowest BCUT2D eigenvalue weighted by Gasteiger charge is -2.42. The number of fused-ring (bicyclic) bond motifs is 1. The van der Waals surface area contributed by atoms with E-state index in [1.54, 1.807) is 31.6 Å². The lowest BCUT2D eigenvalue weighted by molar-refractivity contribution is -0.272. The summed E-state index contributed by atoms with van der Waals surface area (Å²) in [4.78, 5) is 3.78. The van der Waals surface area contributed by atoms with Crippen LogP contribution in [0.2, 0.25) is 0 Å². The van der Waals surface area contributed by atoms with Crippen molar-refractivity contribution in [2.75, 3.05) is 27.2 Å². The summed E-state index contributed by atoms with van der Waals surface area (Å²) >= 11 is 0. The smallest absolute Gasteiger partial charge is 0.421 e. The highest BCUT2D eigenvalue weighted by Crippen LogP contribution is 2.50. The van der Waals surface area contributed by atoms with Gasteiger partial charge >= 0.3 is 6.18 Å². The first-order chi connectivity index (χ1) is 17.3.